The van der Waals surface area contributed by atoms with E-state index in [1.807, 2.05) is 0 Å². The highest BCUT2D eigenvalue weighted by Crippen LogP contribution is 2.15. The summed E-state index contributed by atoms with van der Waals surface area (Å²) >= 11 is 0. The van der Waals surface area contributed by atoms with Gasteiger partial charge in [0.05, 0.1) is 0 Å². The first-order valence-corrected chi connectivity index (χ1v) is 3.52. The predicted molar refractivity (Wildman–Crippen MR) is 43.1 cm³/mol. The molecule has 4 nitrogen and oxygen atoms in total. The molecule has 0 aliphatic carbocycles. The Morgan fingerprint density at radius 2 is 2.00 bits per heavy atom. The van der Waals surface area contributed by atoms with Crippen molar-refractivity contribution < 1.29 is 4.79 Å². The van der Waals surface area contributed by atoms with Gasteiger partial charge in [-0.05, 0) is 19.4 Å². The lowest BCUT2D eigenvalue weighted by Gasteiger charge is -2.18. The highest BCUT2D eigenvalue weighted by atomic mass is 16.1. The summed E-state index contributed by atoms with van der Waals surface area (Å²) in [6, 6.07) is 0. The predicted octanol–water partition coefficient (Wildman–Crippen LogP) is 2.30. The topological polar surface area (TPSA) is 65.8 Å². The molecular weight excluding hydrogens is 142 g/mol. The first-order chi connectivity index (χ1) is 4.91. The van der Waals surface area contributed by atoms with Crippen molar-refractivity contribution >= 4 is 5.78 Å². The zero-order chi connectivity index (χ0) is 9.07. The fraction of sp³-hybridized carbons (Fsp3) is 0.857. The fourth-order valence-corrected chi connectivity index (χ4v) is 0.868. The number of nitrogens with zero attached hydrogens (tertiary/aromatic N) is 3. The summed E-state index contributed by atoms with van der Waals surface area (Å²) in [6.45, 7) is 6.82. The molecule has 0 atom stereocenters. The molecule has 0 aliphatic heterocycles. The highest BCUT2D eigenvalue weighted by molar-refractivity contribution is 5.89. The third kappa shape index (κ3) is 2.60. The Labute approximate surface area is 66.2 Å². The number of rotatable bonds is 3. The summed E-state index contributed by atoms with van der Waals surface area (Å²) < 4.78 is 0. The van der Waals surface area contributed by atoms with Gasteiger partial charge in [-0.2, -0.15) is 0 Å². The van der Waals surface area contributed by atoms with Gasteiger partial charge in [-0.1, -0.05) is 19.0 Å². The van der Waals surface area contributed by atoms with Crippen LogP contribution in [0, 0.1) is 5.92 Å². The number of carbonyl (C=O) groups excluding carboxylic acids is 1. The van der Waals surface area contributed by atoms with Crippen molar-refractivity contribution in [3.8, 4) is 0 Å². The van der Waals surface area contributed by atoms with E-state index >= 15 is 0 Å². The summed E-state index contributed by atoms with van der Waals surface area (Å²) in [4.78, 5) is 13.9. The van der Waals surface area contributed by atoms with Crippen LogP contribution in [0.1, 0.15) is 27.7 Å². The molecule has 0 radical (unpaired) electrons. The van der Waals surface area contributed by atoms with E-state index in [9.17, 15) is 4.79 Å². The highest BCUT2D eigenvalue weighted by Gasteiger charge is 2.27. The molecule has 0 heterocycles. The average molecular weight is 155 g/mol. The second kappa shape index (κ2) is 3.39. The van der Waals surface area contributed by atoms with Crippen LogP contribution in [0.5, 0.6) is 0 Å². The molecule has 0 aromatic rings. The molecule has 0 aliphatic rings. The summed E-state index contributed by atoms with van der Waals surface area (Å²) in [5, 5.41) is 3.41. The Morgan fingerprint density at radius 1 is 1.55 bits per heavy atom. The van der Waals surface area contributed by atoms with Crippen LogP contribution >= 0.6 is 0 Å². The summed E-state index contributed by atoms with van der Waals surface area (Å²) in [6.07, 6.45) is 0. The molecule has 0 unspecified atom stereocenters. The monoisotopic (exact) mass is 155 g/mol. The molecule has 0 bridgehead atoms. The lowest BCUT2D eigenvalue weighted by Crippen LogP contribution is -2.32. The van der Waals surface area contributed by atoms with Gasteiger partial charge < -0.3 is 0 Å². The molecule has 4 heteroatoms. The molecule has 0 saturated carbocycles. The van der Waals surface area contributed by atoms with Gasteiger partial charge in [-0.15, -0.1) is 0 Å². The fourth-order valence-electron chi connectivity index (χ4n) is 0.868. The first kappa shape index (κ1) is 9.98. The van der Waals surface area contributed by atoms with Crippen molar-refractivity contribution in [3.63, 3.8) is 0 Å². The van der Waals surface area contributed by atoms with E-state index in [-0.39, 0.29) is 11.7 Å². The van der Waals surface area contributed by atoms with Crippen molar-refractivity contribution in [2.45, 2.75) is 33.2 Å². The van der Waals surface area contributed by atoms with Crippen LogP contribution in [0.2, 0.25) is 0 Å². The zero-order valence-electron chi connectivity index (χ0n) is 7.33. The maximum atomic E-state index is 11.3. The number of hydrogen-bond donors (Lipinski definition) is 0. The van der Waals surface area contributed by atoms with Crippen molar-refractivity contribution in [1.82, 2.24) is 0 Å². The maximum absolute atomic E-state index is 11.3. The standard InChI is InChI=1S/C7H13N3O/c1-5(2)6(11)7(3,4)9-10-8/h5H,1-4H3. The molecule has 0 fully saturated rings. The van der Waals surface area contributed by atoms with E-state index < -0.39 is 5.54 Å². The van der Waals surface area contributed by atoms with Gasteiger partial charge in [-0.25, -0.2) is 0 Å². The van der Waals surface area contributed by atoms with Crippen LogP contribution < -0.4 is 0 Å². The van der Waals surface area contributed by atoms with Gasteiger partial charge in [0.15, 0.2) is 0 Å². The molecule has 0 spiro atoms. The smallest absolute Gasteiger partial charge is 0.146 e. The summed E-state index contributed by atoms with van der Waals surface area (Å²) in [5.74, 6) is -0.120. The quantitative estimate of drug-likeness (QED) is 0.350. The molecule has 0 N–H and O–H groups in total. The molecule has 0 aromatic carbocycles. The van der Waals surface area contributed by atoms with E-state index in [4.69, 9.17) is 5.53 Å². The molecular formula is C7H13N3O. The Hall–Kier alpha value is -1.02. The minimum absolute atomic E-state index is 0.0321. The molecule has 0 saturated heterocycles. The van der Waals surface area contributed by atoms with Crippen LogP contribution in [-0.2, 0) is 4.79 Å². The van der Waals surface area contributed by atoms with Crippen molar-refractivity contribution in [2.24, 2.45) is 11.0 Å². The largest absolute Gasteiger partial charge is 0.299 e. The van der Waals surface area contributed by atoms with Gasteiger partial charge in [0.1, 0.15) is 11.3 Å². The minimum atomic E-state index is -0.900. The van der Waals surface area contributed by atoms with E-state index in [2.05, 4.69) is 10.0 Å². The zero-order valence-corrected chi connectivity index (χ0v) is 7.33. The maximum Gasteiger partial charge on any atom is 0.146 e. The Bertz CT molecular complexity index is 202. The van der Waals surface area contributed by atoms with E-state index in [0.717, 1.165) is 0 Å². The van der Waals surface area contributed by atoms with Gasteiger partial charge >= 0.3 is 0 Å². The molecule has 0 rings (SSSR count). The third-order valence-corrected chi connectivity index (χ3v) is 1.42. The van der Waals surface area contributed by atoms with Crippen LogP contribution in [0.4, 0.5) is 0 Å². The van der Waals surface area contributed by atoms with Crippen LogP contribution in [-0.4, -0.2) is 11.3 Å². The molecule has 0 aromatic heterocycles. The molecule has 11 heavy (non-hydrogen) atoms. The van der Waals surface area contributed by atoms with Gasteiger partial charge in [0, 0.05) is 10.8 Å². The average Bonchev–Trinajstić information content (AvgIpc) is 1.86. The van der Waals surface area contributed by atoms with Gasteiger partial charge in [0.2, 0.25) is 0 Å². The van der Waals surface area contributed by atoms with Crippen molar-refractivity contribution in [1.29, 1.82) is 0 Å². The molecule has 0 amide bonds. The second-order valence-corrected chi connectivity index (χ2v) is 3.27. The van der Waals surface area contributed by atoms with Gasteiger partial charge in [-0.3, -0.25) is 4.79 Å². The van der Waals surface area contributed by atoms with Crippen LogP contribution in [0.25, 0.3) is 10.4 Å². The van der Waals surface area contributed by atoms with Crippen LogP contribution in [0.3, 0.4) is 0 Å². The SMILES string of the molecule is CC(C)C(=O)C(C)(C)N=[N+]=[N-]. The summed E-state index contributed by atoms with van der Waals surface area (Å²) in [7, 11) is 0. The number of hydrogen-bond acceptors (Lipinski definition) is 2. The van der Waals surface area contributed by atoms with Crippen molar-refractivity contribution in [3.05, 3.63) is 10.4 Å². The Balaban J connectivity index is 4.55. The third-order valence-electron chi connectivity index (χ3n) is 1.42. The lowest BCUT2D eigenvalue weighted by atomic mass is 9.92. The number of Topliss-reactive ketones (excluding diaryl/α,β-unsaturated/α-hetero) is 1. The van der Waals surface area contributed by atoms with E-state index in [1.54, 1.807) is 27.7 Å². The Kier molecular flexibility index (Phi) is 3.08. The van der Waals surface area contributed by atoms with E-state index in [1.165, 1.54) is 0 Å². The number of ketones is 1. The minimum Gasteiger partial charge on any atom is -0.299 e. The Morgan fingerprint density at radius 3 is 2.27 bits per heavy atom. The van der Waals surface area contributed by atoms with Gasteiger partial charge in [0.25, 0.3) is 0 Å². The first-order valence-electron chi connectivity index (χ1n) is 3.52. The lowest BCUT2D eigenvalue weighted by molar-refractivity contribution is -0.125. The number of azide groups is 1. The molecule has 62 valence electrons. The van der Waals surface area contributed by atoms with Crippen molar-refractivity contribution in [2.75, 3.05) is 0 Å². The summed E-state index contributed by atoms with van der Waals surface area (Å²) in [5.41, 5.74) is 7.24. The number of carbonyl (C=O) groups is 1. The van der Waals surface area contributed by atoms with E-state index in [0.29, 0.717) is 0 Å². The second-order valence-electron chi connectivity index (χ2n) is 3.27. The van der Waals surface area contributed by atoms with Crippen LogP contribution in [0.15, 0.2) is 5.11 Å². The normalized spacial score (nSPS) is 11.0.